The second-order valence-corrected chi connectivity index (χ2v) is 8.07. The van der Waals surface area contributed by atoms with Crippen LogP contribution in [0.15, 0.2) is 48.5 Å². The average Bonchev–Trinajstić information content (AvgIpc) is 3.13. The molecule has 0 saturated carbocycles. The fraction of sp³-hybridized carbons (Fsp3) is 0.391. The summed E-state index contributed by atoms with van der Waals surface area (Å²) in [7, 11) is 4.23. The van der Waals surface area contributed by atoms with Gasteiger partial charge < -0.3 is 9.64 Å². The number of ether oxygens (including phenoxy) is 1. The van der Waals surface area contributed by atoms with Gasteiger partial charge >= 0.3 is 5.97 Å². The average molecular weight is 378 g/mol. The van der Waals surface area contributed by atoms with Crippen molar-refractivity contribution in [2.45, 2.75) is 31.3 Å². The zero-order chi connectivity index (χ0) is 19.9. The molecule has 0 spiro atoms. The van der Waals surface area contributed by atoms with Crippen molar-refractivity contribution in [3.63, 3.8) is 0 Å². The monoisotopic (exact) mass is 378 g/mol. The van der Waals surface area contributed by atoms with Gasteiger partial charge in [0.15, 0.2) is 0 Å². The van der Waals surface area contributed by atoms with E-state index in [1.165, 1.54) is 0 Å². The lowest BCUT2D eigenvalue weighted by Gasteiger charge is -2.32. The second-order valence-electron chi connectivity index (χ2n) is 8.07. The smallest absolute Gasteiger partial charge is 0.379 e. The summed E-state index contributed by atoms with van der Waals surface area (Å²) in [6.45, 7) is 3.47. The first-order chi connectivity index (χ1) is 13.4. The first-order valence-corrected chi connectivity index (χ1v) is 9.75. The number of fused-ring (bicyclic) bond motifs is 3. The Kier molecular flexibility index (Phi) is 4.71. The number of likely N-dealkylation sites (N-methyl/N-ethyl adjacent to an activating group) is 2. The molecule has 1 saturated heterocycles. The summed E-state index contributed by atoms with van der Waals surface area (Å²) in [4.78, 5) is 29.5. The van der Waals surface area contributed by atoms with E-state index in [0.29, 0.717) is 12.0 Å². The predicted octanol–water partition coefficient (Wildman–Crippen LogP) is 3.02. The van der Waals surface area contributed by atoms with Gasteiger partial charge in [-0.2, -0.15) is 0 Å². The molecule has 28 heavy (non-hydrogen) atoms. The number of carbonyl (C=O) groups is 2. The molecule has 2 heterocycles. The molecule has 2 unspecified atom stereocenters. The SMILES string of the molecule is CN1CCC2(C)c3cc(C(=O)C(=O)OCCc4ccccc4)ccc3N(C)C12. The first-order valence-electron chi connectivity index (χ1n) is 9.75. The predicted molar refractivity (Wildman–Crippen MR) is 109 cm³/mol. The third-order valence-corrected chi connectivity index (χ3v) is 6.24. The molecule has 0 aromatic heterocycles. The van der Waals surface area contributed by atoms with Crippen molar-refractivity contribution in [1.82, 2.24) is 4.90 Å². The van der Waals surface area contributed by atoms with Gasteiger partial charge in [-0.3, -0.25) is 9.69 Å². The lowest BCUT2D eigenvalue weighted by molar-refractivity contribution is -0.138. The van der Waals surface area contributed by atoms with E-state index in [2.05, 4.69) is 30.8 Å². The molecule has 2 aliphatic heterocycles. The highest BCUT2D eigenvalue weighted by Gasteiger charge is 2.52. The topological polar surface area (TPSA) is 49.9 Å². The highest BCUT2D eigenvalue weighted by atomic mass is 16.5. The van der Waals surface area contributed by atoms with Crippen LogP contribution in [0.3, 0.4) is 0 Å². The summed E-state index contributed by atoms with van der Waals surface area (Å²) in [5, 5.41) is 0. The van der Waals surface area contributed by atoms with Crippen LogP contribution in [0.2, 0.25) is 0 Å². The number of anilines is 1. The fourth-order valence-corrected chi connectivity index (χ4v) is 4.81. The lowest BCUT2D eigenvalue weighted by atomic mass is 9.80. The fourth-order valence-electron chi connectivity index (χ4n) is 4.81. The van der Waals surface area contributed by atoms with E-state index in [-0.39, 0.29) is 18.2 Å². The van der Waals surface area contributed by atoms with Crippen LogP contribution in [0.25, 0.3) is 0 Å². The molecule has 0 amide bonds. The molecular weight excluding hydrogens is 352 g/mol. The Bertz CT molecular complexity index is 911. The van der Waals surface area contributed by atoms with Gasteiger partial charge in [0.1, 0.15) is 0 Å². The molecule has 0 aliphatic carbocycles. The molecule has 2 aromatic rings. The quantitative estimate of drug-likeness (QED) is 0.455. The van der Waals surface area contributed by atoms with Crippen LogP contribution in [0.5, 0.6) is 0 Å². The normalized spacial score (nSPS) is 23.4. The number of likely N-dealkylation sites (tertiary alicyclic amines) is 1. The van der Waals surface area contributed by atoms with Crippen LogP contribution in [-0.4, -0.2) is 50.1 Å². The minimum atomic E-state index is -0.785. The largest absolute Gasteiger partial charge is 0.459 e. The Labute approximate surface area is 165 Å². The number of Topliss-reactive ketones (excluding diaryl/α,β-unsaturated/α-hetero) is 1. The van der Waals surface area contributed by atoms with Gasteiger partial charge in [0.05, 0.1) is 12.8 Å². The minimum Gasteiger partial charge on any atom is -0.459 e. The van der Waals surface area contributed by atoms with Crippen LogP contribution in [0.1, 0.15) is 34.8 Å². The van der Waals surface area contributed by atoms with Crippen molar-refractivity contribution < 1.29 is 14.3 Å². The van der Waals surface area contributed by atoms with Gasteiger partial charge in [0.2, 0.25) is 0 Å². The van der Waals surface area contributed by atoms with Crippen LogP contribution in [-0.2, 0) is 21.4 Å². The van der Waals surface area contributed by atoms with E-state index in [1.807, 2.05) is 42.5 Å². The summed E-state index contributed by atoms with van der Waals surface area (Å²) in [5.41, 5.74) is 3.73. The standard InChI is InChI=1S/C23H26N2O3/c1-23-12-13-24(2)22(23)25(3)19-10-9-17(15-18(19)23)20(26)21(27)28-14-11-16-7-5-4-6-8-16/h4-10,15,22H,11-14H2,1-3H3. The van der Waals surface area contributed by atoms with E-state index in [1.54, 1.807) is 6.07 Å². The molecular formula is C23H26N2O3. The van der Waals surface area contributed by atoms with E-state index < -0.39 is 11.8 Å². The Balaban J connectivity index is 1.48. The molecule has 2 aromatic carbocycles. The first kappa shape index (κ1) is 18.7. The molecule has 2 atom stereocenters. The number of nitrogens with zero attached hydrogens (tertiary/aromatic N) is 2. The van der Waals surface area contributed by atoms with Crippen molar-refractivity contribution >= 4 is 17.4 Å². The third-order valence-electron chi connectivity index (χ3n) is 6.24. The summed E-state index contributed by atoms with van der Waals surface area (Å²) < 4.78 is 5.22. The lowest BCUT2D eigenvalue weighted by Crippen LogP contribution is -2.45. The maximum Gasteiger partial charge on any atom is 0.379 e. The van der Waals surface area contributed by atoms with E-state index >= 15 is 0 Å². The van der Waals surface area contributed by atoms with Gasteiger partial charge in [-0.25, -0.2) is 4.79 Å². The zero-order valence-electron chi connectivity index (χ0n) is 16.6. The highest BCUT2D eigenvalue weighted by Crippen LogP contribution is 2.51. The van der Waals surface area contributed by atoms with E-state index in [0.717, 1.165) is 29.8 Å². The van der Waals surface area contributed by atoms with Gasteiger partial charge in [0.25, 0.3) is 5.78 Å². The molecule has 4 rings (SSSR count). The van der Waals surface area contributed by atoms with Crippen LogP contribution in [0, 0.1) is 0 Å². The van der Waals surface area contributed by atoms with Gasteiger partial charge in [-0.05, 0) is 42.8 Å². The molecule has 146 valence electrons. The maximum atomic E-state index is 12.6. The summed E-state index contributed by atoms with van der Waals surface area (Å²) in [5.74, 6) is -1.36. The van der Waals surface area contributed by atoms with E-state index in [4.69, 9.17) is 4.74 Å². The number of ketones is 1. The third kappa shape index (κ3) is 3.00. The minimum absolute atomic E-state index is 0.0354. The van der Waals surface area contributed by atoms with Crippen molar-refractivity contribution in [2.24, 2.45) is 0 Å². The molecule has 0 N–H and O–H groups in total. The number of hydrogen-bond donors (Lipinski definition) is 0. The number of rotatable bonds is 5. The molecule has 5 nitrogen and oxygen atoms in total. The van der Waals surface area contributed by atoms with Crippen LogP contribution < -0.4 is 4.90 Å². The Morgan fingerprint density at radius 1 is 1.14 bits per heavy atom. The molecule has 0 bridgehead atoms. The van der Waals surface area contributed by atoms with Gasteiger partial charge in [-0.15, -0.1) is 0 Å². The van der Waals surface area contributed by atoms with Crippen LogP contribution >= 0.6 is 0 Å². The highest BCUT2D eigenvalue weighted by molar-refractivity contribution is 6.40. The second kappa shape index (κ2) is 7.06. The number of esters is 1. The maximum absolute atomic E-state index is 12.6. The van der Waals surface area contributed by atoms with Crippen molar-refractivity contribution in [1.29, 1.82) is 0 Å². The summed E-state index contributed by atoms with van der Waals surface area (Å²) >= 11 is 0. The molecule has 1 fully saturated rings. The van der Waals surface area contributed by atoms with Gasteiger partial charge in [-0.1, -0.05) is 37.3 Å². The molecule has 0 radical (unpaired) electrons. The number of hydrogen-bond acceptors (Lipinski definition) is 5. The van der Waals surface area contributed by atoms with Crippen LogP contribution in [0.4, 0.5) is 5.69 Å². The molecule has 2 aliphatic rings. The van der Waals surface area contributed by atoms with Crippen molar-refractivity contribution in [3.8, 4) is 0 Å². The van der Waals surface area contributed by atoms with Gasteiger partial charge in [0, 0.05) is 36.7 Å². The Hall–Kier alpha value is -2.66. The van der Waals surface area contributed by atoms with E-state index in [9.17, 15) is 9.59 Å². The zero-order valence-corrected chi connectivity index (χ0v) is 16.6. The Morgan fingerprint density at radius 3 is 2.64 bits per heavy atom. The summed E-state index contributed by atoms with van der Waals surface area (Å²) in [6, 6.07) is 15.4. The van der Waals surface area contributed by atoms with Crippen molar-refractivity contribution in [3.05, 3.63) is 65.2 Å². The molecule has 5 heteroatoms. The summed E-state index contributed by atoms with van der Waals surface area (Å²) in [6.07, 6.45) is 1.91. The number of benzene rings is 2. The number of carbonyl (C=O) groups excluding carboxylic acids is 2. The van der Waals surface area contributed by atoms with Crippen molar-refractivity contribution in [2.75, 3.05) is 32.1 Å². The Morgan fingerprint density at radius 2 is 1.89 bits per heavy atom.